The first-order valence-electron chi connectivity index (χ1n) is 5.92. The number of carbonyl (C=O) groups excluding carboxylic acids is 1. The number of primary amides is 1. The SMILES string of the molecule is CC(C)=CCNCc1ccc(OCC(N)=O)cc1. The van der Waals surface area contributed by atoms with Crippen molar-refractivity contribution in [2.75, 3.05) is 13.2 Å². The van der Waals surface area contributed by atoms with Crippen LogP contribution in [0.2, 0.25) is 0 Å². The summed E-state index contributed by atoms with van der Waals surface area (Å²) < 4.78 is 5.18. The van der Waals surface area contributed by atoms with Gasteiger partial charge in [0, 0.05) is 13.1 Å². The van der Waals surface area contributed by atoms with Gasteiger partial charge in [0.2, 0.25) is 0 Å². The number of nitrogens with two attached hydrogens (primary N) is 1. The van der Waals surface area contributed by atoms with E-state index in [0.29, 0.717) is 5.75 Å². The van der Waals surface area contributed by atoms with Gasteiger partial charge in [-0.1, -0.05) is 23.8 Å². The number of allylic oxidation sites excluding steroid dienone is 1. The minimum absolute atomic E-state index is 0.0852. The standard InChI is InChI=1S/C14H20N2O2/c1-11(2)7-8-16-9-12-3-5-13(6-4-12)18-10-14(15)17/h3-7,16H,8-10H2,1-2H3,(H2,15,17). The highest BCUT2D eigenvalue weighted by Gasteiger charge is 1.97. The van der Waals surface area contributed by atoms with E-state index < -0.39 is 5.91 Å². The molecule has 0 fully saturated rings. The second-order valence-corrected chi connectivity index (χ2v) is 4.31. The summed E-state index contributed by atoms with van der Waals surface area (Å²) in [7, 11) is 0. The number of nitrogens with one attached hydrogen (secondary N) is 1. The molecule has 0 spiro atoms. The van der Waals surface area contributed by atoms with Crippen molar-refractivity contribution in [1.29, 1.82) is 0 Å². The number of amides is 1. The van der Waals surface area contributed by atoms with Gasteiger partial charge in [-0.2, -0.15) is 0 Å². The van der Waals surface area contributed by atoms with E-state index in [2.05, 4.69) is 25.2 Å². The van der Waals surface area contributed by atoms with E-state index >= 15 is 0 Å². The van der Waals surface area contributed by atoms with Gasteiger partial charge in [0.15, 0.2) is 6.61 Å². The van der Waals surface area contributed by atoms with Crippen molar-refractivity contribution in [1.82, 2.24) is 5.32 Å². The third-order valence-electron chi connectivity index (χ3n) is 2.29. The first kappa shape index (κ1) is 14.3. The summed E-state index contributed by atoms with van der Waals surface area (Å²) in [5.74, 6) is 0.185. The van der Waals surface area contributed by atoms with Crippen molar-refractivity contribution in [3.63, 3.8) is 0 Å². The van der Waals surface area contributed by atoms with Crippen LogP contribution in [-0.2, 0) is 11.3 Å². The summed E-state index contributed by atoms with van der Waals surface area (Å²) in [6, 6.07) is 7.60. The average molecular weight is 248 g/mol. The Kier molecular flexibility index (Phi) is 5.94. The fourth-order valence-corrected chi connectivity index (χ4v) is 1.35. The number of hydrogen-bond donors (Lipinski definition) is 2. The van der Waals surface area contributed by atoms with Crippen LogP contribution in [0.4, 0.5) is 0 Å². The van der Waals surface area contributed by atoms with Gasteiger partial charge in [0.25, 0.3) is 5.91 Å². The Hall–Kier alpha value is -1.81. The van der Waals surface area contributed by atoms with E-state index in [1.807, 2.05) is 24.3 Å². The molecule has 0 unspecified atom stereocenters. The molecule has 0 aliphatic carbocycles. The zero-order valence-electron chi connectivity index (χ0n) is 10.9. The smallest absolute Gasteiger partial charge is 0.255 e. The largest absolute Gasteiger partial charge is 0.484 e. The molecule has 1 aromatic carbocycles. The van der Waals surface area contributed by atoms with E-state index in [1.165, 1.54) is 11.1 Å². The highest BCUT2D eigenvalue weighted by atomic mass is 16.5. The average Bonchev–Trinajstić information content (AvgIpc) is 2.33. The Morgan fingerprint density at radius 3 is 2.56 bits per heavy atom. The third-order valence-corrected chi connectivity index (χ3v) is 2.29. The molecule has 1 amide bonds. The van der Waals surface area contributed by atoms with E-state index in [4.69, 9.17) is 10.5 Å². The fraction of sp³-hybridized carbons (Fsp3) is 0.357. The number of benzene rings is 1. The van der Waals surface area contributed by atoms with Crippen LogP contribution in [0.1, 0.15) is 19.4 Å². The molecule has 3 N–H and O–H groups in total. The monoisotopic (exact) mass is 248 g/mol. The summed E-state index contributed by atoms with van der Waals surface area (Å²) in [4.78, 5) is 10.6. The van der Waals surface area contributed by atoms with E-state index in [0.717, 1.165) is 13.1 Å². The van der Waals surface area contributed by atoms with E-state index in [1.54, 1.807) is 0 Å². The lowest BCUT2D eigenvalue weighted by Gasteiger charge is -2.06. The van der Waals surface area contributed by atoms with Gasteiger partial charge in [-0.25, -0.2) is 0 Å². The van der Waals surface area contributed by atoms with Crippen LogP contribution in [0.5, 0.6) is 5.75 Å². The molecule has 0 aliphatic rings. The number of hydrogen-bond acceptors (Lipinski definition) is 3. The van der Waals surface area contributed by atoms with Gasteiger partial charge in [-0.15, -0.1) is 0 Å². The van der Waals surface area contributed by atoms with E-state index in [-0.39, 0.29) is 6.61 Å². The van der Waals surface area contributed by atoms with Gasteiger partial charge in [0.1, 0.15) is 5.75 Å². The molecule has 0 aliphatic heterocycles. The molecule has 1 rings (SSSR count). The minimum atomic E-state index is -0.470. The van der Waals surface area contributed by atoms with Crippen LogP contribution >= 0.6 is 0 Å². The Morgan fingerprint density at radius 2 is 2.00 bits per heavy atom. The van der Waals surface area contributed by atoms with Crippen molar-refractivity contribution < 1.29 is 9.53 Å². The molecule has 0 heterocycles. The van der Waals surface area contributed by atoms with Crippen LogP contribution in [0.25, 0.3) is 0 Å². The molecule has 0 saturated carbocycles. The summed E-state index contributed by atoms with van der Waals surface area (Å²) >= 11 is 0. The summed E-state index contributed by atoms with van der Waals surface area (Å²) in [6.07, 6.45) is 2.14. The first-order chi connectivity index (χ1) is 8.58. The molecular formula is C14H20N2O2. The van der Waals surface area contributed by atoms with E-state index in [9.17, 15) is 4.79 Å². The predicted molar refractivity (Wildman–Crippen MR) is 72.3 cm³/mol. The lowest BCUT2D eigenvalue weighted by atomic mass is 10.2. The number of carbonyl (C=O) groups is 1. The highest BCUT2D eigenvalue weighted by molar-refractivity contribution is 5.75. The summed E-state index contributed by atoms with van der Waals surface area (Å²) in [5, 5.41) is 3.31. The maximum Gasteiger partial charge on any atom is 0.255 e. The molecule has 4 heteroatoms. The van der Waals surface area contributed by atoms with Crippen LogP contribution < -0.4 is 15.8 Å². The van der Waals surface area contributed by atoms with Crippen molar-refractivity contribution in [3.8, 4) is 5.75 Å². The summed E-state index contributed by atoms with van der Waals surface area (Å²) in [5.41, 5.74) is 7.47. The molecule has 18 heavy (non-hydrogen) atoms. The highest BCUT2D eigenvalue weighted by Crippen LogP contribution is 2.11. The van der Waals surface area contributed by atoms with Gasteiger partial charge >= 0.3 is 0 Å². The van der Waals surface area contributed by atoms with Gasteiger partial charge in [-0.3, -0.25) is 4.79 Å². The second kappa shape index (κ2) is 7.50. The van der Waals surface area contributed by atoms with Crippen LogP contribution in [0, 0.1) is 0 Å². The normalized spacial score (nSPS) is 9.89. The van der Waals surface area contributed by atoms with Crippen molar-refractivity contribution in [3.05, 3.63) is 41.5 Å². The van der Waals surface area contributed by atoms with Crippen molar-refractivity contribution in [2.45, 2.75) is 20.4 Å². The molecule has 0 radical (unpaired) electrons. The molecular weight excluding hydrogens is 228 g/mol. The van der Waals surface area contributed by atoms with Crippen LogP contribution in [0.15, 0.2) is 35.9 Å². The molecule has 4 nitrogen and oxygen atoms in total. The van der Waals surface area contributed by atoms with Crippen LogP contribution in [0.3, 0.4) is 0 Å². The van der Waals surface area contributed by atoms with Crippen LogP contribution in [-0.4, -0.2) is 19.1 Å². The molecule has 0 bridgehead atoms. The van der Waals surface area contributed by atoms with Crippen molar-refractivity contribution >= 4 is 5.91 Å². The predicted octanol–water partition coefficient (Wildman–Crippen LogP) is 1.61. The maximum absolute atomic E-state index is 10.6. The Bertz CT molecular complexity index is 406. The van der Waals surface area contributed by atoms with Gasteiger partial charge in [0.05, 0.1) is 0 Å². The number of rotatable bonds is 7. The fourth-order valence-electron chi connectivity index (χ4n) is 1.35. The third kappa shape index (κ3) is 6.06. The minimum Gasteiger partial charge on any atom is -0.484 e. The maximum atomic E-state index is 10.6. The topological polar surface area (TPSA) is 64.3 Å². The molecule has 98 valence electrons. The molecule has 0 saturated heterocycles. The lowest BCUT2D eigenvalue weighted by Crippen LogP contribution is -2.20. The van der Waals surface area contributed by atoms with Gasteiger partial charge in [-0.05, 0) is 31.5 Å². The number of ether oxygens (including phenoxy) is 1. The quantitative estimate of drug-likeness (QED) is 0.569. The Labute approximate surface area is 108 Å². The summed E-state index contributed by atoms with van der Waals surface area (Å²) in [6.45, 7) is 5.74. The van der Waals surface area contributed by atoms with Crippen molar-refractivity contribution in [2.24, 2.45) is 5.73 Å². The molecule has 1 aromatic rings. The Morgan fingerprint density at radius 1 is 1.33 bits per heavy atom. The molecule has 0 atom stereocenters. The molecule has 0 aromatic heterocycles. The Balaban J connectivity index is 2.36. The second-order valence-electron chi connectivity index (χ2n) is 4.31. The zero-order valence-corrected chi connectivity index (χ0v) is 10.9. The van der Waals surface area contributed by atoms with Gasteiger partial charge < -0.3 is 15.8 Å². The first-order valence-corrected chi connectivity index (χ1v) is 5.92. The lowest BCUT2D eigenvalue weighted by molar-refractivity contribution is -0.119. The zero-order chi connectivity index (χ0) is 13.4.